The van der Waals surface area contributed by atoms with Crippen LogP contribution in [0, 0.1) is 0 Å². The Labute approximate surface area is 83.8 Å². The van der Waals surface area contributed by atoms with Gasteiger partial charge in [-0.2, -0.15) is 4.98 Å². The third-order valence-electron chi connectivity index (χ3n) is 1.86. The summed E-state index contributed by atoms with van der Waals surface area (Å²) in [5.41, 5.74) is 0. The number of nitrogens with zero attached hydrogens (tertiary/aromatic N) is 2. The van der Waals surface area contributed by atoms with Crippen molar-refractivity contribution in [2.45, 2.75) is 32.8 Å². The fourth-order valence-corrected chi connectivity index (χ4v) is 1.22. The minimum atomic E-state index is -0.0455. The molecule has 0 amide bonds. The van der Waals surface area contributed by atoms with Gasteiger partial charge in [-0.05, 0) is 13.3 Å². The number of hydrogen-bond acceptors (Lipinski definition) is 5. The second-order valence-electron chi connectivity index (χ2n) is 2.94. The SMILES string of the molecule is CCCC(OCC)c1noc(NC)n1. The van der Waals surface area contributed by atoms with Crippen molar-refractivity contribution < 1.29 is 9.26 Å². The minimum absolute atomic E-state index is 0.0455. The molecule has 0 saturated heterocycles. The maximum absolute atomic E-state index is 5.51. The molecule has 1 atom stereocenters. The van der Waals surface area contributed by atoms with Crippen LogP contribution in [0.3, 0.4) is 0 Å². The molecule has 1 N–H and O–H groups in total. The molecule has 0 radical (unpaired) electrons. The average Bonchev–Trinajstić information content (AvgIpc) is 2.65. The number of anilines is 1. The van der Waals surface area contributed by atoms with Crippen molar-refractivity contribution in [1.29, 1.82) is 0 Å². The summed E-state index contributed by atoms with van der Waals surface area (Å²) < 4.78 is 10.4. The van der Waals surface area contributed by atoms with Crippen LogP contribution in [-0.2, 0) is 4.74 Å². The van der Waals surface area contributed by atoms with Gasteiger partial charge in [0.25, 0.3) is 0 Å². The molecule has 0 aliphatic carbocycles. The van der Waals surface area contributed by atoms with Gasteiger partial charge in [0.05, 0.1) is 0 Å². The van der Waals surface area contributed by atoms with Crippen molar-refractivity contribution in [3.05, 3.63) is 5.82 Å². The van der Waals surface area contributed by atoms with Crippen molar-refractivity contribution in [2.75, 3.05) is 19.0 Å². The fourth-order valence-electron chi connectivity index (χ4n) is 1.22. The number of nitrogens with one attached hydrogen (secondary N) is 1. The first-order valence-electron chi connectivity index (χ1n) is 4.94. The molecule has 1 heterocycles. The van der Waals surface area contributed by atoms with Crippen molar-refractivity contribution >= 4 is 6.01 Å². The number of rotatable bonds is 6. The molecule has 0 spiro atoms. The molecule has 1 aromatic heterocycles. The predicted molar refractivity (Wildman–Crippen MR) is 53.1 cm³/mol. The molecule has 1 rings (SSSR count). The lowest BCUT2D eigenvalue weighted by molar-refractivity contribution is 0.0478. The monoisotopic (exact) mass is 199 g/mol. The van der Waals surface area contributed by atoms with Gasteiger partial charge in [-0.3, -0.25) is 0 Å². The van der Waals surface area contributed by atoms with E-state index in [1.807, 2.05) is 6.92 Å². The van der Waals surface area contributed by atoms with E-state index in [0.29, 0.717) is 18.4 Å². The molecule has 0 fully saturated rings. The van der Waals surface area contributed by atoms with Crippen LogP contribution in [-0.4, -0.2) is 23.8 Å². The Bertz CT molecular complexity index is 256. The summed E-state index contributed by atoms with van der Waals surface area (Å²) in [5.74, 6) is 0.623. The Morgan fingerprint density at radius 1 is 1.50 bits per heavy atom. The molecular formula is C9H17N3O2. The molecule has 0 bridgehead atoms. The summed E-state index contributed by atoms with van der Waals surface area (Å²) in [6, 6.07) is 0.431. The van der Waals surface area contributed by atoms with E-state index in [-0.39, 0.29) is 6.10 Å². The lowest BCUT2D eigenvalue weighted by Crippen LogP contribution is -2.06. The Morgan fingerprint density at radius 3 is 2.79 bits per heavy atom. The zero-order valence-electron chi connectivity index (χ0n) is 8.91. The van der Waals surface area contributed by atoms with Gasteiger partial charge in [-0.25, -0.2) is 0 Å². The van der Waals surface area contributed by atoms with Crippen LogP contribution in [0.5, 0.6) is 0 Å². The Kier molecular flexibility index (Phi) is 4.39. The lowest BCUT2D eigenvalue weighted by Gasteiger charge is -2.10. The van der Waals surface area contributed by atoms with Gasteiger partial charge in [0, 0.05) is 13.7 Å². The molecule has 1 aromatic rings. The standard InChI is InChI=1S/C9H17N3O2/c1-4-6-7(13-5-2)8-11-9(10-3)14-12-8/h7H,4-6H2,1-3H3,(H,10,11,12). The van der Waals surface area contributed by atoms with Crippen LogP contribution < -0.4 is 5.32 Å². The molecular weight excluding hydrogens is 182 g/mol. The highest BCUT2D eigenvalue weighted by molar-refractivity contribution is 5.16. The molecule has 1 unspecified atom stereocenters. The van der Waals surface area contributed by atoms with Crippen LogP contribution >= 0.6 is 0 Å². The van der Waals surface area contributed by atoms with E-state index in [9.17, 15) is 0 Å². The van der Waals surface area contributed by atoms with E-state index in [4.69, 9.17) is 9.26 Å². The summed E-state index contributed by atoms with van der Waals surface area (Å²) in [6.45, 7) is 4.72. The maximum Gasteiger partial charge on any atom is 0.321 e. The van der Waals surface area contributed by atoms with Crippen LogP contribution in [0.4, 0.5) is 6.01 Å². The maximum atomic E-state index is 5.51. The summed E-state index contributed by atoms with van der Waals surface area (Å²) in [5, 5.41) is 6.64. The molecule has 0 aliphatic rings. The lowest BCUT2D eigenvalue weighted by atomic mass is 10.2. The minimum Gasteiger partial charge on any atom is -0.370 e. The van der Waals surface area contributed by atoms with E-state index in [1.54, 1.807) is 7.05 Å². The highest BCUT2D eigenvalue weighted by Gasteiger charge is 2.16. The van der Waals surface area contributed by atoms with Gasteiger partial charge in [0.15, 0.2) is 0 Å². The van der Waals surface area contributed by atoms with Crippen molar-refractivity contribution in [2.24, 2.45) is 0 Å². The number of aromatic nitrogens is 2. The molecule has 0 aromatic carbocycles. The molecule has 5 heteroatoms. The van der Waals surface area contributed by atoms with Gasteiger partial charge in [0.2, 0.25) is 5.82 Å². The number of hydrogen-bond donors (Lipinski definition) is 1. The smallest absolute Gasteiger partial charge is 0.321 e. The van der Waals surface area contributed by atoms with Crippen LogP contribution in [0.25, 0.3) is 0 Å². The fraction of sp³-hybridized carbons (Fsp3) is 0.778. The zero-order chi connectivity index (χ0) is 10.4. The number of ether oxygens (including phenoxy) is 1. The molecule has 0 saturated carbocycles. The molecule has 80 valence electrons. The van der Waals surface area contributed by atoms with Gasteiger partial charge in [-0.1, -0.05) is 18.5 Å². The largest absolute Gasteiger partial charge is 0.370 e. The van der Waals surface area contributed by atoms with Crippen LogP contribution in [0.15, 0.2) is 4.52 Å². The third-order valence-corrected chi connectivity index (χ3v) is 1.86. The van der Waals surface area contributed by atoms with E-state index in [1.165, 1.54) is 0 Å². The summed E-state index contributed by atoms with van der Waals surface area (Å²) >= 11 is 0. The summed E-state index contributed by atoms with van der Waals surface area (Å²) in [7, 11) is 1.74. The predicted octanol–water partition coefficient (Wildman–Crippen LogP) is 1.99. The second kappa shape index (κ2) is 5.59. The highest BCUT2D eigenvalue weighted by atomic mass is 16.5. The third kappa shape index (κ3) is 2.70. The first kappa shape index (κ1) is 11.0. The molecule has 0 aliphatic heterocycles. The second-order valence-corrected chi connectivity index (χ2v) is 2.94. The topological polar surface area (TPSA) is 60.2 Å². The first-order valence-corrected chi connectivity index (χ1v) is 4.94. The Hall–Kier alpha value is -1.10. The average molecular weight is 199 g/mol. The van der Waals surface area contributed by atoms with Gasteiger partial charge in [-0.15, -0.1) is 0 Å². The summed E-state index contributed by atoms with van der Waals surface area (Å²) in [6.07, 6.45) is 1.90. The molecule has 5 nitrogen and oxygen atoms in total. The van der Waals surface area contributed by atoms with Crippen molar-refractivity contribution in [1.82, 2.24) is 10.1 Å². The van der Waals surface area contributed by atoms with E-state index in [2.05, 4.69) is 22.4 Å². The van der Waals surface area contributed by atoms with E-state index < -0.39 is 0 Å². The molecule has 14 heavy (non-hydrogen) atoms. The Morgan fingerprint density at radius 2 is 2.29 bits per heavy atom. The Balaban J connectivity index is 2.65. The van der Waals surface area contributed by atoms with Crippen LogP contribution in [0.1, 0.15) is 38.6 Å². The normalized spacial score (nSPS) is 12.8. The highest BCUT2D eigenvalue weighted by Crippen LogP contribution is 2.20. The van der Waals surface area contributed by atoms with Crippen molar-refractivity contribution in [3.8, 4) is 0 Å². The van der Waals surface area contributed by atoms with E-state index >= 15 is 0 Å². The summed E-state index contributed by atoms with van der Waals surface area (Å²) in [4.78, 5) is 4.15. The first-order chi connectivity index (χ1) is 6.81. The van der Waals surface area contributed by atoms with Gasteiger partial charge >= 0.3 is 6.01 Å². The zero-order valence-corrected chi connectivity index (χ0v) is 8.91. The van der Waals surface area contributed by atoms with Crippen LogP contribution in [0.2, 0.25) is 0 Å². The quantitative estimate of drug-likeness (QED) is 0.759. The van der Waals surface area contributed by atoms with E-state index in [0.717, 1.165) is 12.8 Å². The van der Waals surface area contributed by atoms with Gasteiger partial charge < -0.3 is 14.6 Å². The van der Waals surface area contributed by atoms with Gasteiger partial charge in [0.1, 0.15) is 6.10 Å². The van der Waals surface area contributed by atoms with Crippen molar-refractivity contribution in [3.63, 3.8) is 0 Å².